The van der Waals surface area contributed by atoms with Crippen molar-refractivity contribution >= 4 is 23.7 Å². The standard InChI is InChI=1S/F2O.Te/c1-3-2;. The molecule has 0 aliphatic rings. The number of rotatable bonds is 0. The Balaban J connectivity index is 0. The summed E-state index contributed by atoms with van der Waals surface area (Å²) in [6.07, 6.45) is 0. The average molecular weight is 182 g/mol. The zero-order valence-electron chi connectivity index (χ0n) is 1.57. The van der Waals surface area contributed by atoms with Gasteiger partial charge in [-0.15, -0.1) is 0 Å². The van der Waals surface area contributed by atoms with E-state index in [0.717, 1.165) is 0 Å². The molecule has 0 aliphatic heterocycles. The fraction of sp³-hybridized carbons (Fsp3) is 0. The van der Waals surface area contributed by atoms with E-state index in [1.54, 1.807) is 0 Å². The molecule has 0 aromatic carbocycles. The van der Waals surface area contributed by atoms with Crippen molar-refractivity contribution in [3.05, 3.63) is 0 Å². The van der Waals surface area contributed by atoms with Gasteiger partial charge >= 0.3 is 0 Å². The Bertz CT molecular complexity index is 6.00. The fourth-order valence-electron chi connectivity index (χ4n) is 0. The van der Waals surface area contributed by atoms with Crippen LogP contribution in [0, 0.1) is 0 Å². The van der Waals surface area contributed by atoms with E-state index >= 15 is 0 Å². The normalized spacial score (nSPS) is 4.50. The van der Waals surface area contributed by atoms with Crippen LogP contribution in [-0.4, -0.2) is 23.7 Å². The molecule has 0 aliphatic carbocycles. The Morgan fingerprint density at radius 1 is 1.25 bits per heavy atom. The first-order valence-electron chi connectivity index (χ1n) is 0.309. The first kappa shape index (κ1) is 8.82. The summed E-state index contributed by atoms with van der Waals surface area (Å²) in [5.41, 5.74) is 0. The molecule has 0 saturated heterocycles. The van der Waals surface area contributed by atoms with Crippen LogP contribution in [0.3, 0.4) is 0 Å². The monoisotopic (exact) mass is 184 g/mol. The van der Waals surface area contributed by atoms with Gasteiger partial charge in [-0.05, 0) is 9.05 Å². The summed E-state index contributed by atoms with van der Waals surface area (Å²) in [6.45, 7) is 0. The molecule has 4 heavy (non-hydrogen) atoms. The van der Waals surface area contributed by atoms with E-state index in [2.05, 4.69) is 0 Å². The molecule has 0 rings (SSSR count). The molecule has 0 aromatic rings. The Morgan fingerprint density at radius 2 is 1.25 bits per heavy atom. The van der Waals surface area contributed by atoms with Gasteiger partial charge in [0.15, 0.2) is 0 Å². The van der Waals surface area contributed by atoms with Crippen molar-refractivity contribution < 1.29 is 14.2 Å². The van der Waals surface area contributed by atoms with Crippen LogP contribution in [-0.2, 0) is 5.15 Å². The molecule has 0 N–H and O–H groups in total. The maximum Gasteiger partial charge on any atom is 0.0209 e. The summed E-state index contributed by atoms with van der Waals surface area (Å²) < 4.78 is 18.2. The van der Waals surface area contributed by atoms with Gasteiger partial charge in [-0.1, -0.05) is 0 Å². The summed E-state index contributed by atoms with van der Waals surface area (Å²) in [4.78, 5) is 0. The van der Waals surface area contributed by atoms with E-state index in [1.807, 2.05) is 0 Å². The predicted molar refractivity (Wildman–Crippen MR) is 9.05 cm³/mol. The van der Waals surface area contributed by atoms with Gasteiger partial charge in [0.25, 0.3) is 0 Å². The van der Waals surface area contributed by atoms with Crippen molar-refractivity contribution in [3.8, 4) is 0 Å². The molecule has 2 radical (unpaired) electrons. The van der Waals surface area contributed by atoms with Crippen LogP contribution >= 0.6 is 0 Å². The van der Waals surface area contributed by atoms with E-state index in [1.165, 1.54) is 5.15 Å². The Morgan fingerprint density at radius 3 is 1.25 bits per heavy atom. The van der Waals surface area contributed by atoms with E-state index in [4.69, 9.17) is 9.05 Å². The molecule has 0 spiro atoms. The topological polar surface area (TPSA) is 9.23 Å². The van der Waals surface area contributed by atoms with Gasteiger partial charge in [0.2, 0.25) is 0 Å². The van der Waals surface area contributed by atoms with Gasteiger partial charge in [-0.25, -0.2) is 0 Å². The zero-order valence-corrected chi connectivity index (χ0v) is 3.90. The smallest absolute Gasteiger partial charge is 0.0104 e. The minimum absolute atomic E-state index is 0. The van der Waals surface area contributed by atoms with Crippen LogP contribution in [0.1, 0.15) is 0 Å². The van der Waals surface area contributed by atoms with Crippen LogP contribution < -0.4 is 0 Å². The van der Waals surface area contributed by atoms with Crippen LogP contribution in [0.2, 0.25) is 0 Å². The fourth-order valence-corrected chi connectivity index (χ4v) is 0. The van der Waals surface area contributed by atoms with Crippen molar-refractivity contribution in [2.75, 3.05) is 0 Å². The first-order valence-corrected chi connectivity index (χ1v) is 0.309. The minimum Gasteiger partial charge on any atom is -0.0104 e. The number of hydrogen-bond acceptors (Lipinski definition) is 1. The predicted octanol–water partition coefficient (Wildman–Crippen LogP) is 0.391. The van der Waals surface area contributed by atoms with Crippen molar-refractivity contribution in [1.29, 1.82) is 0 Å². The van der Waals surface area contributed by atoms with Crippen LogP contribution in [0.15, 0.2) is 0 Å². The van der Waals surface area contributed by atoms with E-state index in [9.17, 15) is 0 Å². The summed E-state index contributed by atoms with van der Waals surface area (Å²) in [7, 11) is 0. The second-order valence-electron chi connectivity index (χ2n) is 0.0583. The van der Waals surface area contributed by atoms with Crippen LogP contribution in [0.25, 0.3) is 0 Å². The Kier molecular flexibility index (Phi) is 20.9. The molecular formula is F2OTe. The molecule has 1 nitrogen and oxygen atoms in total. The Labute approximate surface area is 38.5 Å². The molecule has 0 amide bonds. The molecule has 4 heteroatoms. The molecule has 0 bridgehead atoms. The summed E-state index contributed by atoms with van der Waals surface area (Å²) in [6, 6.07) is 0. The van der Waals surface area contributed by atoms with Crippen molar-refractivity contribution in [1.82, 2.24) is 0 Å². The van der Waals surface area contributed by atoms with E-state index < -0.39 is 0 Å². The Hall–Kier alpha value is 0.610. The van der Waals surface area contributed by atoms with Gasteiger partial charge in [-0.3, -0.25) is 0 Å². The number of halogens is 2. The van der Waals surface area contributed by atoms with Gasteiger partial charge < -0.3 is 0 Å². The van der Waals surface area contributed by atoms with Crippen molar-refractivity contribution in [2.45, 2.75) is 0 Å². The third-order valence-electron chi connectivity index (χ3n) is 0. The first-order chi connectivity index (χ1) is 1.41. The molecule has 0 fully saturated rings. The summed E-state index contributed by atoms with van der Waals surface area (Å²) in [5.74, 6) is 0. The third-order valence-corrected chi connectivity index (χ3v) is 0. The van der Waals surface area contributed by atoms with Gasteiger partial charge in [0.05, 0.1) is 0 Å². The maximum absolute atomic E-state index is 9.12. The second-order valence-corrected chi connectivity index (χ2v) is 0.0583. The molecule has 0 aromatic heterocycles. The molecule has 0 unspecified atom stereocenters. The molecule has 26 valence electrons. The molecule has 0 atom stereocenters. The van der Waals surface area contributed by atoms with Gasteiger partial charge in [-0.2, -0.15) is 0 Å². The van der Waals surface area contributed by atoms with Gasteiger partial charge in [0, 0.05) is 28.8 Å². The van der Waals surface area contributed by atoms with Crippen LogP contribution in [0.5, 0.6) is 0 Å². The average Bonchev–Trinajstić information content (AvgIpc) is 0.918. The largest absolute Gasteiger partial charge is 0.0209 e. The van der Waals surface area contributed by atoms with Crippen molar-refractivity contribution in [2.24, 2.45) is 0 Å². The van der Waals surface area contributed by atoms with Gasteiger partial charge in [0.1, 0.15) is 0 Å². The molecule has 0 heterocycles. The third kappa shape index (κ3) is 18.2. The zero-order chi connectivity index (χ0) is 2.71. The van der Waals surface area contributed by atoms with Crippen LogP contribution in [0.4, 0.5) is 9.05 Å². The quantitative estimate of drug-likeness (QED) is 0.492. The second kappa shape index (κ2) is 9.49. The maximum atomic E-state index is 9.12. The minimum atomic E-state index is 0. The van der Waals surface area contributed by atoms with E-state index in [-0.39, 0.29) is 23.7 Å². The molecule has 0 saturated carbocycles. The van der Waals surface area contributed by atoms with E-state index in [0.29, 0.717) is 0 Å². The summed E-state index contributed by atoms with van der Waals surface area (Å²) >= 11 is 0. The SMILES string of the molecule is FOF.[Te]. The van der Waals surface area contributed by atoms with Crippen molar-refractivity contribution in [3.63, 3.8) is 0 Å². The molecular weight excluding hydrogens is 182 g/mol. The summed E-state index contributed by atoms with van der Waals surface area (Å²) in [5, 5.41) is 1.25. The number of hydrogen-bond donors (Lipinski definition) is 0.